The molecular formula is C15H22N2O2S. The molecule has 0 spiro atoms. The second kappa shape index (κ2) is 7.43. The fourth-order valence-corrected chi connectivity index (χ4v) is 3.54. The van der Waals surface area contributed by atoms with Crippen LogP contribution in [0.1, 0.15) is 36.5 Å². The normalized spacial score (nSPS) is 18.6. The van der Waals surface area contributed by atoms with Crippen molar-refractivity contribution in [2.24, 2.45) is 0 Å². The van der Waals surface area contributed by atoms with E-state index in [0.717, 1.165) is 12.2 Å². The Morgan fingerprint density at radius 3 is 3.05 bits per heavy atom. The molecular weight excluding hydrogens is 272 g/mol. The summed E-state index contributed by atoms with van der Waals surface area (Å²) < 4.78 is 5.01. The van der Waals surface area contributed by atoms with Crippen LogP contribution in [0, 0.1) is 0 Å². The highest BCUT2D eigenvalue weighted by Gasteiger charge is 2.16. The molecule has 0 aliphatic carbocycles. The van der Waals surface area contributed by atoms with E-state index in [-0.39, 0.29) is 5.97 Å². The van der Waals surface area contributed by atoms with Crippen molar-refractivity contribution in [3.05, 3.63) is 23.8 Å². The summed E-state index contributed by atoms with van der Waals surface area (Å²) in [5.74, 6) is 0.880. The van der Waals surface area contributed by atoms with Crippen LogP contribution in [0.25, 0.3) is 0 Å². The number of nitrogens with two attached hydrogens (primary N) is 1. The van der Waals surface area contributed by atoms with E-state index in [2.05, 4.69) is 5.32 Å². The van der Waals surface area contributed by atoms with Crippen molar-refractivity contribution in [3.63, 3.8) is 0 Å². The van der Waals surface area contributed by atoms with Crippen LogP contribution in [0.3, 0.4) is 0 Å². The lowest BCUT2D eigenvalue weighted by Crippen LogP contribution is -2.21. The zero-order chi connectivity index (χ0) is 14.4. The summed E-state index contributed by atoms with van der Waals surface area (Å²) >= 11 is 2.01. The van der Waals surface area contributed by atoms with Gasteiger partial charge in [-0.3, -0.25) is 0 Å². The number of carbonyl (C=O) groups excluding carboxylic acids is 1. The topological polar surface area (TPSA) is 64.3 Å². The van der Waals surface area contributed by atoms with Crippen molar-refractivity contribution < 1.29 is 9.53 Å². The maximum absolute atomic E-state index is 11.8. The van der Waals surface area contributed by atoms with E-state index >= 15 is 0 Å². The molecule has 0 amide bonds. The number of nitrogens with one attached hydrogen (secondary N) is 1. The lowest BCUT2D eigenvalue weighted by Gasteiger charge is -2.22. The molecule has 0 bridgehead atoms. The van der Waals surface area contributed by atoms with E-state index in [0.29, 0.717) is 23.1 Å². The van der Waals surface area contributed by atoms with Crippen LogP contribution < -0.4 is 11.1 Å². The monoisotopic (exact) mass is 294 g/mol. The number of thioether (sulfide) groups is 1. The molecule has 4 nitrogen and oxygen atoms in total. The van der Waals surface area contributed by atoms with E-state index < -0.39 is 0 Å². The molecule has 3 N–H and O–H groups in total. The van der Waals surface area contributed by atoms with Crippen molar-refractivity contribution in [1.82, 2.24) is 0 Å². The fraction of sp³-hybridized carbons (Fsp3) is 0.533. The molecule has 110 valence electrons. The average molecular weight is 294 g/mol. The molecule has 1 aliphatic heterocycles. The van der Waals surface area contributed by atoms with Gasteiger partial charge in [0.2, 0.25) is 0 Å². The predicted octanol–water partition coefficient (Wildman–Crippen LogP) is 3.14. The van der Waals surface area contributed by atoms with Crippen molar-refractivity contribution in [2.75, 3.05) is 30.0 Å². The Kier molecular flexibility index (Phi) is 5.59. The van der Waals surface area contributed by atoms with E-state index in [1.165, 1.54) is 25.0 Å². The molecule has 0 aromatic heterocycles. The minimum Gasteiger partial charge on any atom is -0.462 e. The minimum absolute atomic E-state index is 0.356. The largest absolute Gasteiger partial charge is 0.462 e. The van der Waals surface area contributed by atoms with Crippen LogP contribution in [0.5, 0.6) is 0 Å². The molecule has 0 saturated carbocycles. The third kappa shape index (κ3) is 3.82. The molecule has 1 saturated heterocycles. The van der Waals surface area contributed by atoms with Crippen molar-refractivity contribution in [3.8, 4) is 0 Å². The lowest BCUT2D eigenvalue weighted by atomic mass is 10.1. The Hall–Kier alpha value is -1.36. The van der Waals surface area contributed by atoms with Crippen molar-refractivity contribution in [1.29, 1.82) is 0 Å². The van der Waals surface area contributed by atoms with Gasteiger partial charge in [-0.05, 0) is 37.7 Å². The number of hydrogen-bond acceptors (Lipinski definition) is 5. The summed E-state index contributed by atoms with van der Waals surface area (Å²) in [4.78, 5) is 11.8. The maximum atomic E-state index is 11.8. The summed E-state index contributed by atoms with van der Waals surface area (Å²) in [5, 5.41) is 4.00. The summed E-state index contributed by atoms with van der Waals surface area (Å²) in [6.07, 6.45) is 3.87. The first-order valence-corrected chi connectivity index (χ1v) is 8.18. The van der Waals surface area contributed by atoms with Crippen LogP contribution in [0.15, 0.2) is 18.2 Å². The summed E-state index contributed by atoms with van der Waals surface area (Å²) in [7, 11) is 0. The predicted molar refractivity (Wildman–Crippen MR) is 85.4 cm³/mol. The number of ether oxygens (including phenoxy) is 1. The van der Waals surface area contributed by atoms with E-state index in [1.54, 1.807) is 13.0 Å². The third-order valence-electron chi connectivity index (χ3n) is 3.40. The molecule has 1 unspecified atom stereocenters. The second-order valence-electron chi connectivity index (χ2n) is 4.86. The molecule has 0 radical (unpaired) electrons. The average Bonchev–Trinajstić information content (AvgIpc) is 2.47. The standard InChI is InChI=1S/C15H22N2O2S/c1-2-19-15(18)12-7-5-8-13(14(12)16)17-10-11-6-3-4-9-20-11/h5,7-8,11,17H,2-4,6,9-10,16H2,1H3. The van der Waals surface area contributed by atoms with E-state index in [9.17, 15) is 4.79 Å². The van der Waals surface area contributed by atoms with Gasteiger partial charge in [-0.2, -0.15) is 11.8 Å². The van der Waals surface area contributed by atoms with Gasteiger partial charge < -0.3 is 15.8 Å². The fourth-order valence-electron chi connectivity index (χ4n) is 2.30. The lowest BCUT2D eigenvalue weighted by molar-refractivity contribution is 0.0527. The summed E-state index contributed by atoms with van der Waals surface area (Å²) in [6.45, 7) is 3.03. The number of rotatable bonds is 5. The van der Waals surface area contributed by atoms with Gasteiger partial charge in [0, 0.05) is 11.8 Å². The molecule has 1 atom stereocenters. The van der Waals surface area contributed by atoms with Gasteiger partial charge in [-0.15, -0.1) is 0 Å². The van der Waals surface area contributed by atoms with Gasteiger partial charge in [0.15, 0.2) is 0 Å². The Morgan fingerprint density at radius 2 is 2.35 bits per heavy atom. The number of anilines is 2. The molecule has 5 heteroatoms. The van der Waals surface area contributed by atoms with Crippen LogP contribution in [0.2, 0.25) is 0 Å². The zero-order valence-electron chi connectivity index (χ0n) is 11.9. The van der Waals surface area contributed by atoms with Gasteiger partial charge in [0.25, 0.3) is 0 Å². The van der Waals surface area contributed by atoms with Gasteiger partial charge in [0.1, 0.15) is 0 Å². The highest BCUT2D eigenvalue weighted by atomic mass is 32.2. The number of esters is 1. The molecule has 1 aromatic rings. The first-order valence-electron chi connectivity index (χ1n) is 7.13. The summed E-state index contributed by atoms with van der Waals surface area (Å²) in [5.41, 5.74) is 7.80. The number of carbonyl (C=O) groups is 1. The molecule has 20 heavy (non-hydrogen) atoms. The molecule has 1 fully saturated rings. The number of para-hydroxylation sites is 1. The molecule has 2 rings (SSSR count). The Balaban J connectivity index is 2.00. The minimum atomic E-state index is -0.360. The van der Waals surface area contributed by atoms with Crippen LogP contribution in [-0.2, 0) is 4.74 Å². The number of benzene rings is 1. The first-order chi connectivity index (χ1) is 9.72. The highest BCUT2D eigenvalue weighted by Crippen LogP contribution is 2.27. The smallest absolute Gasteiger partial charge is 0.340 e. The van der Waals surface area contributed by atoms with Crippen LogP contribution in [-0.4, -0.2) is 30.1 Å². The highest BCUT2D eigenvalue weighted by molar-refractivity contribution is 7.99. The Morgan fingerprint density at radius 1 is 1.50 bits per heavy atom. The van der Waals surface area contributed by atoms with E-state index in [4.69, 9.17) is 10.5 Å². The summed E-state index contributed by atoms with van der Waals surface area (Å²) in [6, 6.07) is 5.44. The van der Waals surface area contributed by atoms with Gasteiger partial charge in [-0.25, -0.2) is 4.79 Å². The van der Waals surface area contributed by atoms with Gasteiger partial charge in [0.05, 0.1) is 23.5 Å². The van der Waals surface area contributed by atoms with E-state index in [1.807, 2.05) is 23.9 Å². The van der Waals surface area contributed by atoms with Crippen molar-refractivity contribution >= 4 is 29.1 Å². The number of nitrogen functional groups attached to an aromatic ring is 1. The zero-order valence-corrected chi connectivity index (χ0v) is 12.7. The van der Waals surface area contributed by atoms with Crippen LogP contribution >= 0.6 is 11.8 Å². The molecule has 1 aliphatic rings. The molecule has 1 aromatic carbocycles. The van der Waals surface area contributed by atoms with Crippen LogP contribution in [0.4, 0.5) is 11.4 Å². The van der Waals surface area contributed by atoms with Gasteiger partial charge >= 0.3 is 5.97 Å². The van der Waals surface area contributed by atoms with Crippen molar-refractivity contribution in [2.45, 2.75) is 31.4 Å². The number of hydrogen-bond donors (Lipinski definition) is 2. The van der Waals surface area contributed by atoms with Gasteiger partial charge in [-0.1, -0.05) is 12.5 Å². The third-order valence-corrected chi connectivity index (χ3v) is 4.79. The maximum Gasteiger partial charge on any atom is 0.340 e. The Bertz CT molecular complexity index is 459. The first kappa shape index (κ1) is 15.0. The molecule has 1 heterocycles. The second-order valence-corrected chi connectivity index (χ2v) is 6.27. The SMILES string of the molecule is CCOC(=O)c1cccc(NCC2CCCCS2)c1N. The quantitative estimate of drug-likeness (QED) is 0.645. The Labute approximate surface area is 124 Å².